The summed E-state index contributed by atoms with van der Waals surface area (Å²) >= 11 is 0. The normalized spacial score (nSPS) is 7.06. The maximum absolute atomic E-state index is 8.63. The van der Waals surface area contributed by atoms with Crippen LogP contribution >= 0.6 is 0 Å². The fourth-order valence-corrected chi connectivity index (χ4v) is 0.856. The van der Waals surface area contributed by atoms with Crippen molar-refractivity contribution < 1.29 is 56.7 Å². The maximum Gasteiger partial charge on any atom is 2.00 e. The summed E-state index contributed by atoms with van der Waals surface area (Å²) in [6.45, 7) is 0. The minimum Gasteiger partial charge on any atom is -1.00 e. The average molecular weight is 307 g/mol. The van der Waals surface area contributed by atoms with Crippen molar-refractivity contribution in [3.8, 4) is 11.5 Å². The van der Waals surface area contributed by atoms with Crippen molar-refractivity contribution in [3.63, 3.8) is 0 Å². The van der Waals surface area contributed by atoms with Crippen LogP contribution in [0.2, 0.25) is 0 Å². The quantitative estimate of drug-likeness (QED) is 0.503. The minimum atomic E-state index is 0. The van der Waals surface area contributed by atoms with E-state index in [2.05, 4.69) is 0 Å². The molecule has 0 aliphatic heterocycles. The Morgan fingerprint density at radius 2 is 0.765 bits per heavy atom. The third kappa shape index (κ3) is 11.6. The molecule has 0 amide bonds. The molecule has 0 radical (unpaired) electrons. The molecule has 2 nitrogen and oxygen atoms in total. The van der Waals surface area contributed by atoms with Gasteiger partial charge < -0.3 is 35.0 Å². The van der Waals surface area contributed by atoms with E-state index >= 15 is 0 Å². The van der Waals surface area contributed by atoms with Crippen LogP contribution in [0.5, 0.6) is 11.5 Å². The standard InChI is InChI=1S/2C6H6O.2ClH.Ti/c2*7-6-4-2-1-3-5-6;;;/h2*1-5,7H;2*1H;/q;;;;+2/p-2. The second-order valence-corrected chi connectivity index (χ2v) is 2.67. The van der Waals surface area contributed by atoms with Crippen LogP contribution < -0.4 is 24.8 Å². The Labute approximate surface area is 128 Å². The van der Waals surface area contributed by atoms with E-state index in [1.54, 1.807) is 48.5 Å². The minimum absolute atomic E-state index is 0. The van der Waals surface area contributed by atoms with E-state index in [0.29, 0.717) is 11.5 Å². The van der Waals surface area contributed by atoms with Crippen molar-refractivity contribution in [2.45, 2.75) is 0 Å². The number of hydrogen-bond donors (Lipinski definition) is 2. The Morgan fingerprint density at radius 1 is 0.529 bits per heavy atom. The van der Waals surface area contributed by atoms with E-state index in [4.69, 9.17) is 10.2 Å². The van der Waals surface area contributed by atoms with E-state index in [-0.39, 0.29) is 46.5 Å². The van der Waals surface area contributed by atoms with E-state index in [9.17, 15) is 0 Å². The van der Waals surface area contributed by atoms with E-state index in [0.717, 1.165) is 0 Å². The van der Waals surface area contributed by atoms with Crippen LogP contribution in [0.1, 0.15) is 0 Å². The van der Waals surface area contributed by atoms with Gasteiger partial charge in [-0.25, -0.2) is 0 Å². The van der Waals surface area contributed by atoms with Gasteiger partial charge in [-0.05, 0) is 24.3 Å². The van der Waals surface area contributed by atoms with Gasteiger partial charge in [-0.15, -0.1) is 0 Å². The molecular formula is C12H12Cl2O2Ti. The molecule has 2 N–H and O–H groups in total. The van der Waals surface area contributed by atoms with Crippen LogP contribution in [0.3, 0.4) is 0 Å². The van der Waals surface area contributed by atoms with Gasteiger partial charge in [-0.1, -0.05) is 36.4 Å². The zero-order valence-electron chi connectivity index (χ0n) is 8.92. The Bertz CT molecular complexity index is 320. The molecule has 0 atom stereocenters. The topological polar surface area (TPSA) is 40.5 Å². The second-order valence-electron chi connectivity index (χ2n) is 2.67. The molecule has 0 bridgehead atoms. The fraction of sp³-hybridized carbons (Fsp3) is 0. The van der Waals surface area contributed by atoms with Crippen LogP contribution in [0.15, 0.2) is 60.7 Å². The zero-order valence-corrected chi connectivity index (χ0v) is 12.0. The van der Waals surface area contributed by atoms with Gasteiger partial charge in [0.15, 0.2) is 0 Å². The summed E-state index contributed by atoms with van der Waals surface area (Å²) in [6.07, 6.45) is 0. The summed E-state index contributed by atoms with van der Waals surface area (Å²) in [5.41, 5.74) is 0. The van der Waals surface area contributed by atoms with Gasteiger partial charge in [0, 0.05) is 0 Å². The van der Waals surface area contributed by atoms with Gasteiger partial charge >= 0.3 is 21.7 Å². The SMILES string of the molecule is Oc1ccccc1.Oc1ccccc1.[Cl-].[Cl-].[Ti+2]. The number of aromatic hydroxyl groups is 2. The third-order valence-electron chi connectivity index (χ3n) is 1.51. The molecule has 2 aromatic rings. The van der Waals surface area contributed by atoms with Gasteiger partial charge in [0.05, 0.1) is 0 Å². The number of hydrogen-bond acceptors (Lipinski definition) is 2. The van der Waals surface area contributed by atoms with Crippen molar-refractivity contribution in [3.05, 3.63) is 60.7 Å². The summed E-state index contributed by atoms with van der Waals surface area (Å²) < 4.78 is 0. The molecule has 0 aliphatic rings. The predicted octanol–water partition coefficient (Wildman–Crippen LogP) is -3.21. The monoisotopic (exact) mass is 306 g/mol. The first-order chi connectivity index (χ1) is 6.79. The van der Waals surface area contributed by atoms with Gasteiger partial charge in [0.2, 0.25) is 0 Å². The Hall–Kier alpha value is -0.666. The van der Waals surface area contributed by atoms with E-state index in [1.807, 2.05) is 12.1 Å². The van der Waals surface area contributed by atoms with E-state index < -0.39 is 0 Å². The van der Waals surface area contributed by atoms with Gasteiger partial charge in [-0.2, -0.15) is 0 Å². The first kappa shape index (κ1) is 21.6. The molecule has 17 heavy (non-hydrogen) atoms. The summed E-state index contributed by atoms with van der Waals surface area (Å²) in [6, 6.07) is 17.4. The summed E-state index contributed by atoms with van der Waals surface area (Å²) in [7, 11) is 0. The first-order valence-electron chi connectivity index (χ1n) is 4.27. The van der Waals surface area contributed by atoms with E-state index in [1.165, 1.54) is 0 Å². The van der Waals surface area contributed by atoms with Crippen molar-refractivity contribution >= 4 is 0 Å². The molecule has 5 heteroatoms. The first-order valence-corrected chi connectivity index (χ1v) is 4.27. The molecule has 0 fully saturated rings. The smallest absolute Gasteiger partial charge is 1.00 e. The third-order valence-corrected chi connectivity index (χ3v) is 1.51. The Balaban J connectivity index is -0.000000196. The average Bonchev–Trinajstić information content (AvgIpc) is 2.21. The van der Waals surface area contributed by atoms with Crippen molar-refractivity contribution in [1.82, 2.24) is 0 Å². The molecule has 0 aromatic heterocycles. The summed E-state index contributed by atoms with van der Waals surface area (Å²) in [4.78, 5) is 0. The van der Waals surface area contributed by atoms with Crippen molar-refractivity contribution in [2.75, 3.05) is 0 Å². The summed E-state index contributed by atoms with van der Waals surface area (Å²) in [5, 5.41) is 17.3. The molecule has 90 valence electrons. The van der Waals surface area contributed by atoms with Crippen LogP contribution in [0, 0.1) is 0 Å². The molecule has 0 aliphatic carbocycles. The molecule has 0 saturated carbocycles. The van der Waals surface area contributed by atoms with Crippen LogP contribution in [-0.2, 0) is 21.7 Å². The Morgan fingerprint density at radius 3 is 0.882 bits per heavy atom. The fourth-order valence-electron chi connectivity index (χ4n) is 0.856. The zero-order chi connectivity index (χ0) is 10.2. The van der Waals surface area contributed by atoms with Gasteiger partial charge in [-0.3, -0.25) is 0 Å². The molecular weight excluding hydrogens is 295 g/mol. The van der Waals surface area contributed by atoms with Crippen molar-refractivity contribution in [1.29, 1.82) is 0 Å². The molecule has 0 spiro atoms. The van der Waals surface area contributed by atoms with Crippen LogP contribution in [0.4, 0.5) is 0 Å². The van der Waals surface area contributed by atoms with Crippen LogP contribution in [0.25, 0.3) is 0 Å². The number of rotatable bonds is 0. The van der Waals surface area contributed by atoms with Gasteiger partial charge in [0.1, 0.15) is 11.5 Å². The maximum atomic E-state index is 8.63. The summed E-state index contributed by atoms with van der Waals surface area (Å²) in [5.74, 6) is 0.644. The Kier molecular flexibility index (Phi) is 17.0. The van der Waals surface area contributed by atoms with Crippen molar-refractivity contribution in [2.24, 2.45) is 0 Å². The molecule has 2 aromatic carbocycles. The second kappa shape index (κ2) is 13.4. The van der Waals surface area contributed by atoms with Crippen LogP contribution in [-0.4, -0.2) is 10.2 Å². The number of benzene rings is 2. The number of phenols is 2. The number of halogens is 2. The molecule has 0 unspecified atom stereocenters. The molecule has 0 heterocycles. The molecule has 0 saturated heterocycles. The predicted molar refractivity (Wildman–Crippen MR) is 56.2 cm³/mol. The number of para-hydroxylation sites is 2. The largest absolute Gasteiger partial charge is 2.00 e. The number of phenolic OH excluding ortho intramolecular Hbond substituents is 2. The molecule has 2 rings (SSSR count). The van der Waals surface area contributed by atoms with Gasteiger partial charge in [0.25, 0.3) is 0 Å².